The molecular formula is C21H20BrN5O4. The summed E-state index contributed by atoms with van der Waals surface area (Å²) >= 11 is 3.43. The molecule has 1 saturated heterocycles. The van der Waals surface area contributed by atoms with Crippen molar-refractivity contribution in [2.24, 2.45) is 5.10 Å². The molecule has 0 spiro atoms. The van der Waals surface area contributed by atoms with Crippen molar-refractivity contribution < 1.29 is 19.1 Å². The van der Waals surface area contributed by atoms with Gasteiger partial charge in [0.2, 0.25) is 12.7 Å². The Labute approximate surface area is 187 Å². The van der Waals surface area contributed by atoms with Crippen molar-refractivity contribution in [3.05, 3.63) is 58.1 Å². The Morgan fingerprint density at radius 2 is 2.00 bits per heavy atom. The van der Waals surface area contributed by atoms with Gasteiger partial charge in [0.15, 0.2) is 11.5 Å². The van der Waals surface area contributed by atoms with Crippen LogP contribution in [0.15, 0.2) is 52.0 Å². The predicted molar refractivity (Wildman–Crippen MR) is 115 cm³/mol. The zero-order valence-electron chi connectivity index (χ0n) is 16.5. The molecule has 2 unspecified atom stereocenters. The number of amides is 2. The Morgan fingerprint density at radius 3 is 2.84 bits per heavy atom. The fourth-order valence-electron chi connectivity index (χ4n) is 3.81. The summed E-state index contributed by atoms with van der Waals surface area (Å²) in [4.78, 5) is 25.3. The Morgan fingerprint density at radius 1 is 1.19 bits per heavy atom. The number of nitrogens with zero attached hydrogens (tertiary/aromatic N) is 3. The molecule has 0 aromatic heterocycles. The number of rotatable bonds is 5. The van der Waals surface area contributed by atoms with Crippen molar-refractivity contribution in [2.75, 3.05) is 13.3 Å². The molecule has 3 aliphatic heterocycles. The lowest BCUT2D eigenvalue weighted by molar-refractivity contribution is -0.140. The van der Waals surface area contributed by atoms with Crippen molar-refractivity contribution in [3.63, 3.8) is 0 Å². The van der Waals surface area contributed by atoms with Crippen molar-refractivity contribution in [1.82, 2.24) is 20.8 Å². The van der Waals surface area contributed by atoms with E-state index in [4.69, 9.17) is 9.47 Å². The van der Waals surface area contributed by atoms with Crippen LogP contribution in [0.2, 0.25) is 0 Å². The smallest absolute Gasteiger partial charge is 0.267 e. The highest BCUT2D eigenvalue weighted by molar-refractivity contribution is 9.10. The molecule has 3 aliphatic rings. The number of hydrogen-bond donors (Lipinski definition) is 2. The average molecular weight is 486 g/mol. The lowest BCUT2D eigenvalue weighted by Gasteiger charge is -2.29. The Hall–Kier alpha value is -3.11. The lowest BCUT2D eigenvalue weighted by atomic mass is 10.0. The number of fused-ring (bicyclic) bond motifs is 2. The van der Waals surface area contributed by atoms with Gasteiger partial charge in [0.25, 0.3) is 5.91 Å². The normalized spacial score (nSPS) is 21.4. The van der Waals surface area contributed by atoms with Gasteiger partial charge >= 0.3 is 0 Å². The quantitative estimate of drug-likeness (QED) is 0.671. The molecule has 5 rings (SSSR count). The second-order valence-electron chi connectivity index (χ2n) is 7.48. The second-order valence-corrected chi connectivity index (χ2v) is 8.40. The first-order valence-corrected chi connectivity index (χ1v) is 10.7. The van der Waals surface area contributed by atoms with Crippen LogP contribution in [-0.4, -0.2) is 47.6 Å². The van der Waals surface area contributed by atoms with E-state index in [1.165, 1.54) is 5.01 Å². The molecule has 2 aromatic rings. The number of carbonyl (C=O) groups excluding carboxylic acids is 2. The molecule has 2 aromatic carbocycles. The van der Waals surface area contributed by atoms with Crippen molar-refractivity contribution >= 4 is 34.1 Å². The van der Waals surface area contributed by atoms with Crippen LogP contribution in [0.25, 0.3) is 0 Å². The maximum Gasteiger partial charge on any atom is 0.267 e. The summed E-state index contributed by atoms with van der Waals surface area (Å²) in [6.45, 7) is 0.396. The molecule has 1 fully saturated rings. The maximum atomic E-state index is 12.9. The lowest BCUT2D eigenvalue weighted by Crippen LogP contribution is -2.52. The van der Waals surface area contributed by atoms with E-state index in [0.717, 1.165) is 15.6 Å². The number of hydrazone groups is 1. The van der Waals surface area contributed by atoms with Crippen LogP contribution >= 0.6 is 15.9 Å². The van der Waals surface area contributed by atoms with Gasteiger partial charge in [-0.1, -0.05) is 34.1 Å². The van der Waals surface area contributed by atoms with E-state index in [1.54, 1.807) is 11.3 Å². The molecule has 9 nitrogen and oxygen atoms in total. The molecule has 0 bridgehead atoms. The molecule has 10 heteroatoms. The summed E-state index contributed by atoms with van der Waals surface area (Å²) in [7, 11) is 0. The van der Waals surface area contributed by atoms with E-state index in [2.05, 4.69) is 31.8 Å². The van der Waals surface area contributed by atoms with E-state index in [1.807, 2.05) is 42.5 Å². The van der Waals surface area contributed by atoms with Gasteiger partial charge in [0.05, 0.1) is 6.04 Å². The summed E-state index contributed by atoms with van der Waals surface area (Å²) in [6.07, 6.45) is 2.16. The zero-order chi connectivity index (χ0) is 21.4. The summed E-state index contributed by atoms with van der Waals surface area (Å²) in [6, 6.07) is 13.1. The van der Waals surface area contributed by atoms with Gasteiger partial charge in [-0.25, -0.2) is 10.4 Å². The molecule has 160 valence electrons. The Balaban J connectivity index is 1.17. The van der Waals surface area contributed by atoms with Gasteiger partial charge in [-0.15, -0.1) is 0 Å². The van der Waals surface area contributed by atoms with E-state index in [-0.39, 0.29) is 31.2 Å². The number of ether oxygens (including phenoxy) is 2. The molecule has 0 aliphatic carbocycles. The fourth-order valence-corrected chi connectivity index (χ4v) is 4.07. The second kappa shape index (κ2) is 8.20. The largest absolute Gasteiger partial charge is 0.454 e. The minimum absolute atomic E-state index is 0.00767. The first kappa shape index (κ1) is 19.8. The third kappa shape index (κ3) is 4.08. The highest BCUT2D eigenvalue weighted by atomic mass is 79.9. The van der Waals surface area contributed by atoms with E-state index in [0.29, 0.717) is 24.5 Å². The third-order valence-electron chi connectivity index (χ3n) is 5.45. The Kier molecular flexibility index (Phi) is 5.24. The molecule has 0 saturated carbocycles. The van der Waals surface area contributed by atoms with E-state index >= 15 is 0 Å². The minimum atomic E-state index is -0.396. The minimum Gasteiger partial charge on any atom is -0.454 e. The number of hydrogen-bond acceptors (Lipinski definition) is 7. The van der Waals surface area contributed by atoms with Gasteiger partial charge in [-0.05, 0) is 41.8 Å². The summed E-state index contributed by atoms with van der Waals surface area (Å²) in [5.41, 5.74) is 5.27. The highest BCUT2D eigenvalue weighted by Gasteiger charge is 2.41. The first-order valence-electron chi connectivity index (χ1n) is 9.87. The third-order valence-corrected chi connectivity index (χ3v) is 5.98. The molecule has 3 heterocycles. The van der Waals surface area contributed by atoms with Crippen LogP contribution in [0.4, 0.5) is 0 Å². The van der Waals surface area contributed by atoms with Gasteiger partial charge in [0, 0.05) is 11.0 Å². The standard InChI is InChI=1S/C21H20BrN5O4/c22-15-4-2-14(3-5-15)16-8-17-21(29)26(24-11-27(17)25-16)10-20(28)23-9-13-1-6-18-19(7-13)31-12-30-18/h1-7,11,16-17,25H,8-10,12H2,(H,23,28). The van der Waals surface area contributed by atoms with Crippen LogP contribution in [0.1, 0.15) is 23.6 Å². The van der Waals surface area contributed by atoms with Crippen LogP contribution < -0.4 is 20.2 Å². The number of hydrazine groups is 1. The number of benzene rings is 2. The zero-order valence-corrected chi connectivity index (χ0v) is 18.0. The van der Waals surface area contributed by atoms with Gasteiger partial charge in [-0.2, -0.15) is 5.10 Å². The predicted octanol–water partition coefficient (Wildman–Crippen LogP) is 1.90. The first-order chi connectivity index (χ1) is 15.1. The van der Waals surface area contributed by atoms with Crippen molar-refractivity contribution in [1.29, 1.82) is 0 Å². The molecular weight excluding hydrogens is 466 g/mol. The van der Waals surface area contributed by atoms with Gasteiger partial charge in [-0.3, -0.25) is 14.6 Å². The summed E-state index contributed by atoms with van der Waals surface area (Å²) in [5, 5.41) is 9.92. The monoisotopic (exact) mass is 485 g/mol. The summed E-state index contributed by atoms with van der Waals surface area (Å²) in [5.74, 6) is 0.871. The van der Waals surface area contributed by atoms with Gasteiger partial charge in [0.1, 0.15) is 18.9 Å². The van der Waals surface area contributed by atoms with Crippen molar-refractivity contribution in [2.45, 2.75) is 25.0 Å². The van der Waals surface area contributed by atoms with Gasteiger partial charge < -0.3 is 14.8 Å². The van der Waals surface area contributed by atoms with Crippen LogP contribution in [0, 0.1) is 0 Å². The maximum absolute atomic E-state index is 12.9. The SMILES string of the molecule is O=C(CN1N=CN2NC(c3ccc(Br)cc3)CC2C1=O)NCc1ccc2c(c1)OCO2. The molecule has 2 atom stereocenters. The number of halogens is 1. The number of carbonyl (C=O) groups is 2. The molecule has 2 N–H and O–H groups in total. The summed E-state index contributed by atoms with van der Waals surface area (Å²) < 4.78 is 11.6. The highest BCUT2D eigenvalue weighted by Crippen LogP contribution is 2.32. The van der Waals surface area contributed by atoms with Crippen molar-refractivity contribution in [3.8, 4) is 11.5 Å². The van der Waals surface area contributed by atoms with Crippen LogP contribution in [-0.2, 0) is 16.1 Å². The van der Waals surface area contributed by atoms with E-state index < -0.39 is 6.04 Å². The number of nitrogens with one attached hydrogen (secondary N) is 2. The fraction of sp³-hybridized carbons (Fsp3) is 0.286. The van der Waals surface area contributed by atoms with Crippen LogP contribution in [0.5, 0.6) is 11.5 Å². The molecule has 2 amide bonds. The Bertz CT molecular complexity index is 1040. The molecule has 0 radical (unpaired) electrons. The topological polar surface area (TPSA) is 95.5 Å². The average Bonchev–Trinajstić information content (AvgIpc) is 3.42. The van der Waals surface area contributed by atoms with E-state index in [9.17, 15) is 9.59 Å². The molecule has 31 heavy (non-hydrogen) atoms. The van der Waals surface area contributed by atoms with Crippen LogP contribution in [0.3, 0.4) is 0 Å².